The van der Waals surface area contributed by atoms with Crippen LogP contribution in [0.2, 0.25) is 0 Å². The average molecular weight is 291 g/mol. The Labute approximate surface area is 112 Å². The molecule has 0 aromatic heterocycles. The standard InChI is InChI=1S/C12H12F3NO4/c13-12(14,15)20-9-5-3-8(4-6-9)11(19)16-7-1-2-10(17)18/h3-6H,1-2,7H2,(H,16,19)(H,17,18). The fraction of sp³-hybridized carbons (Fsp3) is 0.333. The first-order valence-electron chi connectivity index (χ1n) is 5.64. The number of carboxylic acids is 1. The molecule has 0 aliphatic rings. The van der Waals surface area contributed by atoms with Crippen LogP contribution in [0.1, 0.15) is 23.2 Å². The number of nitrogens with one attached hydrogen (secondary N) is 1. The van der Waals surface area contributed by atoms with Crippen LogP contribution in [0.15, 0.2) is 24.3 Å². The topological polar surface area (TPSA) is 75.6 Å². The van der Waals surface area contributed by atoms with Crippen molar-refractivity contribution in [1.29, 1.82) is 0 Å². The highest BCUT2D eigenvalue weighted by Gasteiger charge is 2.31. The zero-order chi connectivity index (χ0) is 15.2. The number of aliphatic carboxylic acids is 1. The number of ether oxygens (including phenoxy) is 1. The number of amides is 1. The molecule has 0 aliphatic carbocycles. The normalized spacial score (nSPS) is 10.9. The molecule has 0 atom stereocenters. The fourth-order valence-corrected chi connectivity index (χ4v) is 1.35. The van der Waals surface area contributed by atoms with Crippen molar-refractivity contribution in [2.75, 3.05) is 6.54 Å². The lowest BCUT2D eigenvalue weighted by Crippen LogP contribution is -2.24. The van der Waals surface area contributed by atoms with Crippen LogP contribution in [0.3, 0.4) is 0 Å². The lowest BCUT2D eigenvalue weighted by molar-refractivity contribution is -0.274. The predicted octanol–water partition coefficient (Wildman–Crippen LogP) is 2.18. The number of rotatable bonds is 6. The van der Waals surface area contributed by atoms with Crippen LogP contribution in [-0.4, -0.2) is 29.9 Å². The minimum atomic E-state index is -4.78. The molecule has 0 bridgehead atoms. The van der Waals surface area contributed by atoms with E-state index >= 15 is 0 Å². The summed E-state index contributed by atoms with van der Waals surface area (Å²) in [5.41, 5.74) is 0.162. The van der Waals surface area contributed by atoms with Gasteiger partial charge in [-0.2, -0.15) is 0 Å². The molecule has 1 aromatic rings. The first-order chi connectivity index (χ1) is 9.28. The summed E-state index contributed by atoms with van der Waals surface area (Å²) in [6, 6.07) is 4.43. The Morgan fingerprint density at radius 1 is 1.20 bits per heavy atom. The molecule has 0 saturated carbocycles. The minimum Gasteiger partial charge on any atom is -0.481 e. The Hall–Kier alpha value is -2.25. The number of carboxylic acid groups (broad SMARTS) is 1. The summed E-state index contributed by atoms with van der Waals surface area (Å²) < 4.78 is 39.4. The van der Waals surface area contributed by atoms with Crippen molar-refractivity contribution in [1.82, 2.24) is 5.32 Å². The van der Waals surface area contributed by atoms with Crippen LogP contribution in [-0.2, 0) is 4.79 Å². The molecular weight excluding hydrogens is 279 g/mol. The maximum Gasteiger partial charge on any atom is 0.573 e. The molecule has 0 fully saturated rings. The second-order valence-electron chi connectivity index (χ2n) is 3.83. The number of hydrogen-bond donors (Lipinski definition) is 2. The predicted molar refractivity (Wildman–Crippen MR) is 62.3 cm³/mol. The van der Waals surface area contributed by atoms with Gasteiger partial charge in [-0.3, -0.25) is 9.59 Å². The third kappa shape index (κ3) is 6.07. The number of carbonyl (C=O) groups excluding carboxylic acids is 1. The van der Waals surface area contributed by atoms with Crippen LogP contribution < -0.4 is 10.1 Å². The van der Waals surface area contributed by atoms with Gasteiger partial charge >= 0.3 is 12.3 Å². The maximum absolute atomic E-state index is 11.9. The van der Waals surface area contributed by atoms with Gasteiger partial charge in [-0.1, -0.05) is 0 Å². The van der Waals surface area contributed by atoms with E-state index in [0.29, 0.717) is 0 Å². The molecule has 0 unspecified atom stereocenters. The third-order valence-electron chi connectivity index (χ3n) is 2.20. The summed E-state index contributed by atoms with van der Waals surface area (Å²) in [6.07, 6.45) is -4.57. The summed E-state index contributed by atoms with van der Waals surface area (Å²) in [6.45, 7) is 0.173. The summed E-state index contributed by atoms with van der Waals surface area (Å²) in [5.74, 6) is -1.87. The van der Waals surface area contributed by atoms with Crippen LogP contribution in [0.25, 0.3) is 0 Å². The molecule has 0 spiro atoms. The number of hydrogen-bond acceptors (Lipinski definition) is 3. The van der Waals surface area contributed by atoms with E-state index in [4.69, 9.17) is 5.11 Å². The van der Waals surface area contributed by atoms with Gasteiger partial charge in [0.1, 0.15) is 5.75 Å². The van der Waals surface area contributed by atoms with Crippen molar-refractivity contribution in [3.05, 3.63) is 29.8 Å². The van der Waals surface area contributed by atoms with Gasteiger partial charge < -0.3 is 15.2 Å². The van der Waals surface area contributed by atoms with E-state index in [1.54, 1.807) is 0 Å². The molecule has 2 N–H and O–H groups in total. The van der Waals surface area contributed by atoms with E-state index in [-0.39, 0.29) is 24.9 Å². The van der Waals surface area contributed by atoms with Gasteiger partial charge in [-0.05, 0) is 30.7 Å². The molecule has 0 saturated heterocycles. The summed E-state index contributed by atoms with van der Waals surface area (Å²) >= 11 is 0. The Bertz CT molecular complexity index is 471. The highest BCUT2D eigenvalue weighted by atomic mass is 19.4. The quantitative estimate of drug-likeness (QED) is 0.788. The number of halogens is 3. The summed E-state index contributed by atoms with van der Waals surface area (Å²) in [5, 5.41) is 10.9. The largest absolute Gasteiger partial charge is 0.573 e. The highest BCUT2D eigenvalue weighted by Crippen LogP contribution is 2.22. The molecule has 0 radical (unpaired) electrons. The number of benzene rings is 1. The van der Waals surface area contributed by atoms with Gasteiger partial charge in [0.05, 0.1) is 0 Å². The van der Waals surface area contributed by atoms with Crippen molar-refractivity contribution in [3.8, 4) is 5.75 Å². The average Bonchev–Trinajstić information content (AvgIpc) is 2.33. The van der Waals surface area contributed by atoms with Crippen LogP contribution in [0.5, 0.6) is 5.75 Å². The molecule has 1 aromatic carbocycles. The third-order valence-corrected chi connectivity index (χ3v) is 2.20. The Morgan fingerprint density at radius 3 is 2.30 bits per heavy atom. The molecule has 1 amide bonds. The molecule has 110 valence electrons. The fourth-order valence-electron chi connectivity index (χ4n) is 1.35. The maximum atomic E-state index is 11.9. The Morgan fingerprint density at radius 2 is 1.80 bits per heavy atom. The molecule has 1 rings (SSSR count). The van der Waals surface area contributed by atoms with Gasteiger partial charge in [0.15, 0.2) is 0 Å². The zero-order valence-electron chi connectivity index (χ0n) is 10.2. The van der Waals surface area contributed by atoms with E-state index in [2.05, 4.69) is 10.1 Å². The molecule has 8 heteroatoms. The monoisotopic (exact) mass is 291 g/mol. The molecule has 20 heavy (non-hydrogen) atoms. The van der Waals surface area contributed by atoms with Gasteiger partial charge in [0.25, 0.3) is 5.91 Å². The Balaban J connectivity index is 2.47. The van der Waals surface area contributed by atoms with Gasteiger partial charge in [0, 0.05) is 18.5 Å². The molecular formula is C12H12F3NO4. The SMILES string of the molecule is O=C(O)CCCNC(=O)c1ccc(OC(F)(F)F)cc1. The first-order valence-corrected chi connectivity index (χ1v) is 5.64. The van der Waals surface area contributed by atoms with Crippen LogP contribution >= 0.6 is 0 Å². The van der Waals surface area contributed by atoms with E-state index in [1.807, 2.05) is 0 Å². The minimum absolute atomic E-state index is 0.0708. The number of alkyl halides is 3. The molecule has 0 aliphatic heterocycles. The van der Waals surface area contributed by atoms with E-state index < -0.39 is 24.0 Å². The Kier molecular flexibility index (Phi) is 5.36. The van der Waals surface area contributed by atoms with Gasteiger partial charge in [0.2, 0.25) is 0 Å². The smallest absolute Gasteiger partial charge is 0.481 e. The summed E-state index contributed by atoms with van der Waals surface area (Å²) in [4.78, 5) is 21.8. The zero-order valence-corrected chi connectivity index (χ0v) is 10.2. The van der Waals surface area contributed by atoms with Crippen molar-refractivity contribution >= 4 is 11.9 Å². The van der Waals surface area contributed by atoms with E-state index in [9.17, 15) is 22.8 Å². The highest BCUT2D eigenvalue weighted by molar-refractivity contribution is 5.94. The van der Waals surface area contributed by atoms with E-state index in [1.165, 1.54) is 12.1 Å². The van der Waals surface area contributed by atoms with Crippen molar-refractivity contribution in [3.63, 3.8) is 0 Å². The van der Waals surface area contributed by atoms with Crippen molar-refractivity contribution < 1.29 is 32.6 Å². The first kappa shape index (κ1) is 15.8. The van der Waals surface area contributed by atoms with E-state index in [0.717, 1.165) is 12.1 Å². The van der Waals surface area contributed by atoms with Crippen LogP contribution in [0.4, 0.5) is 13.2 Å². The van der Waals surface area contributed by atoms with Gasteiger partial charge in [-0.25, -0.2) is 0 Å². The van der Waals surface area contributed by atoms with Crippen molar-refractivity contribution in [2.24, 2.45) is 0 Å². The lowest BCUT2D eigenvalue weighted by atomic mass is 10.2. The second-order valence-corrected chi connectivity index (χ2v) is 3.83. The second kappa shape index (κ2) is 6.78. The number of carbonyl (C=O) groups is 2. The molecule has 0 heterocycles. The van der Waals surface area contributed by atoms with Crippen molar-refractivity contribution in [2.45, 2.75) is 19.2 Å². The molecule has 5 nitrogen and oxygen atoms in total. The summed E-state index contributed by atoms with van der Waals surface area (Å²) in [7, 11) is 0. The van der Waals surface area contributed by atoms with Gasteiger partial charge in [-0.15, -0.1) is 13.2 Å². The van der Waals surface area contributed by atoms with Crippen LogP contribution in [0, 0.1) is 0 Å². The lowest BCUT2D eigenvalue weighted by Gasteiger charge is -2.09.